The maximum atomic E-state index is 15.1. The quantitative estimate of drug-likeness (QED) is 0.220. The molecule has 0 aliphatic carbocycles. The molecule has 1 N–H and O–H groups in total. The van der Waals surface area contributed by atoms with Crippen LogP contribution < -0.4 is 14.4 Å². The predicted molar refractivity (Wildman–Crippen MR) is 207 cm³/mol. The largest absolute Gasteiger partial charge is 0.508 e. The lowest BCUT2D eigenvalue weighted by Crippen LogP contribution is -2.52. The minimum absolute atomic E-state index is 0.0667. The van der Waals surface area contributed by atoms with Gasteiger partial charge in [0.05, 0.1) is 30.0 Å². The van der Waals surface area contributed by atoms with Crippen LogP contribution in [0.5, 0.6) is 17.2 Å². The van der Waals surface area contributed by atoms with Crippen LogP contribution in [0.3, 0.4) is 0 Å². The van der Waals surface area contributed by atoms with Gasteiger partial charge in [0.15, 0.2) is 11.5 Å². The monoisotopic (exact) mass is 740 g/mol. The van der Waals surface area contributed by atoms with Crippen molar-refractivity contribution in [1.82, 2.24) is 18.9 Å². The zero-order valence-electron chi connectivity index (χ0n) is 31.5. The molecular weight excluding hydrogens is 697 g/mol. The SMILES string of the molecule is Cc1c(N(C(=O)c2cc(-c3cc4c(cc3C(=O)N3Cc5ccccc5C[C@H]3CN3CCOCC3)OCCO4)n(C)c2C)c2ccc(O)cc2)cc(C#N)n1C. The fourth-order valence-corrected chi connectivity index (χ4v) is 7.98. The molecule has 5 heterocycles. The molecule has 0 unspecified atom stereocenters. The van der Waals surface area contributed by atoms with Crippen LogP contribution in [0, 0.1) is 25.2 Å². The summed E-state index contributed by atoms with van der Waals surface area (Å²) in [5, 5.41) is 19.9. The molecule has 0 radical (unpaired) electrons. The van der Waals surface area contributed by atoms with Gasteiger partial charge in [0.1, 0.15) is 30.7 Å². The van der Waals surface area contributed by atoms with Gasteiger partial charge in [-0.15, -0.1) is 0 Å². The maximum absolute atomic E-state index is 15.1. The normalized spacial score (nSPS) is 16.7. The third-order valence-corrected chi connectivity index (χ3v) is 11.3. The topological polar surface area (TPSA) is 125 Å². The lowest BCUT2D eigenvalue weighted by atomic mass is 9.92. The number of benzene rings is 3. The molecule has 0 bridgehead atoms. The van der Waals surface area contributed by atoms with Gasteiger partial charge in [-0.25, -0.2) is 0 Å². The Balaban J connectivity index is 1.23. The molecule has 2 amide bonds. The highest BCUT2D eigenvalue weighted by Gasteiger charge is 2.35. The van der Waals surface area contributed by atoms with Crippen LogP contribution in [0.2, 0.25) is 0 Å². The highest BCUT2D eigenvalue weighted by atomic mass is 16.6. The van der Waals surface area contributed by atoms with Crippen molar-refractivity contribution in [2.45, 2.75) is 32.9 Å². The number of phenolic OH excluding ortho intramolecular Hbond substituents is 1. The fourth-order valence-electron chi connectivity index (χ4n) is 7.98. The van der Waals surface area contributed by atoms with E-state index in [2.05, 4.69) is 29.2 Å². The van der Waals surface area contributed by atoms with Crippen molar-refractivity contribution in [3.8, 4) is 34.6 Å². The summed E-state index contributed by atoms with van der Waals surface area (Å²) in [5.74, 6) is 0.659. The third kappa shape index (κ3) is 6.60. The molecule has 3 aliphatic rings. The number of rotatable bonds is 7. The molecule has 55 heavy (non-hydrogen) atoms. The van der Waals surface area contributed by atoms with Gasteiger partial charge in [-0.3, -0.25) is 19.4 Å². The summed E-state index contributed by atoms with van der Waals surface area (Å²) in [5.41, 5.74) is 7.43. The molecule has 282 valence electrons. The molecule has 0 spiro atoms. The number of amides is 2. The van der Waals surface area contributed by atoms with Gasteiger partial charge in [-0.05, 0) is 79.9 Å². The number of carbonyl (C=O) groups is 2. The molecule has 1 saturated heterocycles. The molecule has 5 aromatic rings. The standard InChI is InChI=1S/C43H44N6O6/c1-27-35(43(52)49(31-9-11-34(50)12-10-31)38-20-32(24-44)45(3)28(38)2)21-39(46(27)4)36-22-40-41(55-18-17-54-40)23-37(36)42(51)48-25-30-8-6-5-7-29(30)19-33(48)26-47-13-15-53-16-14-47/h5-12,20-23,33,50H,13-19,25-26H2,1-4H3/t33-/m0/s1. The van der Waals surface area contributed by atoms with Crippen molar-refractivity contribution >= 4 is 23.2 Å². The van der Waals surface area contributed by atoms with Crippen molar-refractivity contribution in [1.29, 1.82) is 5.26 Å². The summed E-state index contributed by atoms with van der Waals surface area (Å²) in [4.78, 5) is 36.0. The Morgan fingerprint density at radius 2 is 1.55 bits per heavy atom. The number of ether oxygens (including phenoxy) is 3. The zero-order chi connectivity index (χ0) is 38.4. The van der Waals surface area contributed by atoms with Gasteiger partial charge in [0.2, 0.25) is 0 Å². The molecule has 3 aliphatic heterocycles. The van der Waals surface area contributed by atoms with Gasteiger partial charge in [0.25, 0.3) is 11.8 Å². The molecule has 12 nitrogen and oxygen atoms in total. The molecule has 2 aromatic heterocycles. The van der Waals surface area contributed by atoms with Gasteiger partial charge in [-0.2, -0.15) is 5.26 Å². The van der Waals surface area contributed by atoms with Gasteiger partial charge in [-0.1, -0.05) is 24.3 Å². The van der Waals surface area contributed by atoms with Crippen LogP contribution >= 0.6 is 0 Å². The summed E-state index contributed by atoms with van der Waals surface area (Å²) in [7, 11) is 3.67. The molecule has 12 heteroatoms. The van der Waals surface area contributed by atoms with Crippen molar-refractivity contribution < 1.29 is 28.9 Å². The summed E-state index contributed by atoms with van der Waals surface area (Å²) in [6.45, 7) is 8.66. The van der Waals surface area contributed by atoms with Crippen molar-refractivity contribution in [3.63, 3.8) is 0 Å². The Morgan fingerprint density at radius 3 is 2.24 bits per heavy atom. The van der Waals surface area contributed by atoms with E-state index in [1.807, 2.05) is 48.6 Å². The first kappa shape index (κ1) is 36.0. The highest BCUT2D eigenvalue weighted by Crippen LogP contribution is 2.41. The molecule has 3 aromatic carbocycles. The van der Waals surface area contributed by atoms with E-state index in [9.17, 15) is 15.2 Å². The van der Waals surface area contributed by atoms with E-state index in [1.54, 1.807) is 40.8 Å². The number of hydrogen-bond acceptors (Lipinski definition) is 8. The molecule has 1 atom stereocenters. The molecule has 1 fully saturated rings. The first-order chi connectivity index (χ1) is 26.6. The highest BCUT2D eigenvalue weighted by molar-refractivity contribution is 6.13. The second-order valence-corrected chi connectivity index (χ2v) is 14.4. The molecular formula is C43H44N6O6. The number of aromatic hydroxyl groups is 1. The number of anilines is 2. The Kier molecular flexibility index (Phi) is 9.59. The Morgan fingerprint density at radius 1 is 0.855 bits per heavy atom. The van der Waals surface area contributed by atoms with E-state index in [4.69, 9.17) is 14.2 Å². The summed E-state index contributed by atoms with van der Waals surface area (Å²) in [6, 6.07) is 24.0. The zero-order valence-corrected chi connectivity index (χ0v) is 31.5. The first-order valence-corrected chi connectivity index (χ1v) is 18.6. The van der Waals surface area contributed by atoms with Crippen LogP contribution in [-0.4, -0.2) is 88.0 Å². The van der Waals surface area contributed by atoms with Gasteiger partial charge < -0.3 is 33.4 Å². The summed E-state index contributed by atoms with van der Waals surface area (Å²) < 4.78 is 21.4. The Bertz CT molecular complexity index is 2330. The van der Waals surface area contributed by atoms with E-state index < -0.39 is 0 Å². The van der Waals surface area contributed by atoms with Crippen LogP contribution in [0.1, 0.15) is 48.9 Å². The van der Waals surface area contributed by atoms with E-state index in [0.29, 0.717) is 89.6 Å². The van der Waals surface area contributed by atoms with E-state index in [0.717, 1.165) is 37.3 Å². The number of carbonyl (C=O) groups excluding carboxylic acids is 2. The van der Waals surface area contributed by atoms with Crippen LogP contribution in [-0.2, 0) is 31.8 Å². The van der Waals surface area contributed by atoms with Crippen molar-refractivity contribution in [2.24, 2.45) is 14.1 Å². The summed E-state index contributed by atoms with van der Waals surface area (Å²) in [6.07, 6.45) is 0.737. The molecule has 0 saturated carbocycles. The number of hydrogen-bond donors (Lipinski definition) is 1. The molecule has 8 rings (SSSR count). The lowest BCUT2D eigenvalue weighted by Gasteiger charge is -2.40. The van der Waals surface area contributed by atoms with E-state index in [1.165, 1.54) is 17.7 Å². The van der Waals surface area contributed by atoms with Crippen molar-refractivity contribution in [3.05, 3.63) is 112 Å². The number of morpholine rings is 1. The van der Waals surface area contributed by atoms with Crippen molar-refractivity contribution in [2.75, 3.05) is 51.0 Å². The second-order valence-electron chi connectivity index (χ2n) is 14.4. The fraction of sp³-hybridized carbons (Fsp3) is 0.326. The lowest BCUT2D eigenvalue weighted by molar-refractivity contribution is 0.0193. The minimum atomic E-state index is -0.327. The van der Waals surface area contributed by atoms with Crippen LogP contribution in [0.25, 0.3) is 11.3 Å². The average Bonchev–Trinajstić information content (AvgIpc) is 3.67. The number of phenols is 1. The van der Waals surface area contributed by atoms with Crippen LogP contribution in [0.4, 0.5) is 11.4 Å². The number of aromatic nitrogens is 2. The van der Waals surface area contributed by atoms with Gasteiger partial charge in [0, 0.05) is 74.6 Å². The average molecular weight is 741 g/mol. The number of nitriles is 1. The third-order valence-electron chi connectivity index (χ3n) is 11.3. The minimum Gasteiger partial charge on any atom is -0.508 e. The van der Waals surface area contributed by atoms with Crippen LogP contribution in [0.15, 0.2) is 72.8 Å². The van der Waals surface area contributed by atoms with Gasteiger partial charge >= 0.3 is 0 Å². The summed E-state index contributed by atoms with van der Waals surface area (Å²) >= 11 is 0. The number of fused-ring (bicyclic) bond motifs is 2. The second kappa shape index (κ2) is 14.7. The predicted octanol–water partition coefficient (Wildman–Crippen LogP) is 5.87. The number of nitrogens with zero attached hydrogens (tertiary/aromatic N) is 6. The maximum Gasteiger partial charge on any atom is 0.264 e. The Labute approximate surface area is 320 Å². The smallest absolute Gasteiger partial charge is 0.264 e. The first-order valence-electron chi connectivity index (χ1n) is 18.6. The van der Waals surface area contributed by atoms with E-state index in [-0.39, 0.29) is 23.6 Å². The van der Waals surface area contributed by atoms with E-state index >= 15 is 4.79 Å². The Hall–Kier alpha value is -6.03.